The molecule has 1 aliphatic carbocycles. The maximum Gasteiger partial charge on any atom is 0.126 e. The molecule has 1 fully saturated rings. The summed E-state index contributed by atoms with van der Waals surface area (Å²) in [4.78, 5) is 0. The van der Waals surface area contributed by atoms with Crippen LogP contribution in [0.2, 0.25) is 0 Å². The number of nitrogens with one attached hydrogen (secondary N) is 1. The molecule has 118 valence electrons. The van der Waals surface area contributed by atoms with E-state index in [2.05, 4.69) is 12.2 Å². The van der Waals surface area contributed by atoms with E-state index >= 15 is 0 Å². The minimum Gasteiger partial charge on any atom is -0.490 e. The maximum atomic E-state index is 13.3. The molecule has 0 spiro atoms. The number of benzene rings is 1. The van der Waals surface area contributed by atoms with Gasteiger partial charge in [0.05, 0.1) is 6.61 Å². The monoisotopic (exact) mass is 295 g/mol. The third kappa shape index (κ3) is 4.17. The SMILES string of the molecule is CCCNC1(CO)CCCC(Oc2ccc(F)c(C)c2)C1. The highest BCUT2D eigenvalue weighted by atomic mass is 19.1. The van der Waals surface area contributed by atoms with Crippen LogP contribution in [0.5, 0.6) is 5.75 Å². The lowest BCUT2D eigenvalue weighted by Gasteiger charge is -2.40. The van der Waals surface area contributed by atoms with Crippen LogP contribution in [0.15, 0.2) is 18.2 Å². The van der Waals surface area contributed by atoms with Gasteiger partial charge in [-0.2, -0.15) is 0 Å². The lowest BCUT2D eigenvalue weighted by Crippen LogP contribution is -2.53. The first-order valence-electron chi connectivity index (χ1n) is 7.87. The van der Waals surface area contributed by atoms with Gasteiger partial charge in [0.25, 0.3) is 0 Å². The summed E-state index contributed by atoms with van der Waals surface area (Å²) in [7, 11) is 0. The molecule has 1 aliphatic rings. The van der Waals surface area contributed by atoms with E-state index in [1.807, 2.05) is 0 Å². The fourth-order valence-electron chi connectivity index (χ4n) is 3.04. The zero-order valence-corrected chi connectivity index (χ0v) is 13.0. The van der Waals surface area contributed by atoms with Gasteiger partial charge < -0.3 is 15.2 Å². The molecule has 2 atom stereocenters. The van der Waals surface area contributed by atoms with Crippen LogP contribution in [0.3, 0.4) is 0 Å². The highest BCUT2D eigenvalue weighted by Gasteiger charge is 2.36. The molecule has 0 bridgehead atoms. The molecule has 1 aromatic carbocycles. The first-order valence-corrected chi connectivity index (χ1v) is 7.87. The van der Waals surface area contributed by atoms with Crippen LogP contribution >= 0.6 is 0 Å². The lowest BCUT2D eigenvalue weighted by atomic mass is 9.80. The number of aliphatic hydroxyl groups is 1. The Morgan fingerprint density at radius 2 is 2.29 bits per heavy atom. The third-order valence-corrected chi connectivity index (χ3v) is 4.28. The number of aryl methyl sites for hydroxylation is 1. The summed E-state index contributed by atoms with van der Waals surface area (Å²) < 4.78 is 19.3. The number of rotatable bonds is 6. The zero-order valence-electron chi connectivity index (χ0n) is 13.0. The van der Waals surface area contributed by atoms with Crippen LogP contribution in [0.1, 0.15) is 44.6 Å². The summed E-state index contributed by atoms with van der Waals surface area (Å²) in [6.07, 6.45) is 4.89. The van der Waals surface area contributed by atoms with E-state index < -0.39 is 0 Å². The van der Waals surface area contributed by atoms with Crippen molar-refractivity contribution < 1.29 is 14.2 Å². The van der Waals surface area contributed by atoms with E-state index in [4.69, 9.17) is 4.74 Å². The van der Waals surface area contributed by atoms with Gasteiger partial charge in [0.15, 0.2) is 0 Å². The summed E-state index contributed by atoms with van der Waals surface area (Å²) in [5, 5.41) is 13.2. The zero-order chi connectivity index (χ0) is 15.3. The highest BCUT2D eigenvalue weighted by molar-refractivity contribution is 5.29. The average molecular weight is 295 g/mol. The van der Waals surface area contributed by atoms with E-state index in [0.29, 0.717) is 11.3 Å². The number of hydrogen-bond acceptors (Lipinski definition) is 3. The summed E-state index contributed by atoms with van der Waals surface area (Å²) in [5.41, 5.74) is 0.370. The second kappa shape index (κ2) is 7.23. The minimum absolute atomic E-state index is 0.0696. The molecule has 0 heterocycles. The lowest BCUT2D eigenvalue weighted by molar-refractivity contribution is 0.0510. The first kappa shape index (κ1) is 16.2. The predicted molar refractivity (Wildman–Crippen MR) is 82.1 cm³/mol. The van der Waals surface area contributed by atoms with Gasteiger partial charge in [0.2, 0.25) is 0 Å². The van der Waals surface area contributed by atoms with Crippen molar-refractivity contribution in [2.45, 2.75) is 57.6 Å². The Morgan fingerprint density at radius 1 is 1.48 bits per heavy atom. The standard InChI is InChI=1S/C17H26FNO2/c1-3-9-19-17(12-20)8-4-5-15(11-17)21-14-6-7-16(18)13(2)10-14/h6-7,10,15,19-20H,3-5,8-9,11-12H2,1-2H3. The normalized spacial score (nSPS) is 25.8. The fraction of sp³-hybridized carbons (Fsp3) is 0.647. The van der Waals surface area contributed by atoms with E-state index in [-0.39, 0.29) is 24.1 Å². The topological polar surface area (TPSA) is 41.5 Å². The molecule has 2 unspecified atom stereocenters. The Kier molecular flexibility index (Phi) is 5.59. The van der Waals surface area contributed by atoms with Gasteiger partial charge in [0, 0.05) is 12.0 Å². The van der Waals surface area contributed by atoms with Gasteiger partial charge in [-0.3, -0.25) is 0 Å². The Balaban J connectivity index is 2.01. The molecule has 3 nitrogen and oxygen atoms in total. The summed E-state index contributed by atoms with van der Waals surface area (Å²) >= 11 is 0. The smallest absolute Gasteiger partial charge is 0.126 e. The van der Waals surface area contributed by atoms with Gasteiger partial charge in [-0.25, -0.2) is 4.39 Å². The second-order valence-electron chi connectivity index (χ2n) is 6.11. The quantitative estimate of drug-likeness (QED) is 0.847. The summed E-state index contributed by atoms with van der Waals surface area (Å²) in [6.45, 7) is 4.90. The van der Waals surface area contributed by atoms with Crippen molar-refractivity contribution in [1.82, 2.24) is 5.32 Å². The van der Waals surface area contributed by atoms with Crippen LogP contribution in [-0.4, -0.2) is 29.9 Å². The van der Waals surface area contributed by atoms with Crippen molar-refractivity contribution >= 4 is 0 Å². The van der Waals surface area contributed by atoms with Crippen molar-refractivity contribution in [2.75, 3.05) is 13.2 Å². The number of ether oxygens (including phenoxy) is 1. The molecular formula is C17H26FNO2. The number of aliphatic hydroxyl groups excluding tert-OH is 1. The van der Waals surface area contributed by atoms with E-state index in [9.17, 15) is 9.50 Å². The van der Waals surface area contributed by atoms with Crippen molar-refractivity contribution in [3.63, 3.8) is 0 Å². The number of halogens is 1. The molecule has 4 heteroatoms. The molecule has 1 saturated carbocycles. The van der Waals surface area contributed by atoms with Gasteiger partial charge in [-0.1, -0.05) is 6.92 Å². The third-order valence-electron chi connectivity index (χ3n) is 4.28. The minimum atomic E-state index is -0.228. The molecule has 0 radical (unpaired) electrons. The van der Waals surface area contributed by atoms with Crippen molar-refractivity contribution in [3.05, 3.63) is 29.6 Å². The molecule has 21 heavy (non-hydrogen) atoms. The van der Waals surface area contributed by atoms with Crippen LogP contribution in [-0.2, 0) is 0 Å². The van der Waals surface area contributed by atoms with Crippen LogP contribution in [0.4, 0.5) is 4.39 Å². The summed E-state index contributed by atoms with van der Waals surface area (Å²) in [5.74, 6) is 0.503. The molecule has 2 rings (SSSR count). The second-order valence-corrected chi connectivity index (χ2v) is 6.11. The van der Waals surface area contributed by atoms with Crippen molar-refractivity contribution in [2.24, 2.45) is 0 Å². The number of hydrogen-bond donors (Lipinski definition) is 2. The molecule has 0 aliphatic heterocycles. The van der Waals surface area contributed by atoms with Gasteiger partial charge in [0.1, 0.15) is 17.7 Å². The Bertz CT molecular complexity index is 466. The molecule has 0 amide bonds. The molecular weight excluding hydrogens is 269 g/mol. The Morgan fingerprint density at radius 3 is 2.95 bits per heavy atom. The van der Waals surface area contributed by atoms with Crippen LogP contribution in [0, 0.1) is 12.7 Å². The molecule has 1 aromatic rings. The van der Waals surface area contributed by atoms with Gasteiger partial charge in [-0.05, 0) is 62.9 Å². The van der Waals surface area contributed by atoms with Crippen molar-refractivity contribution in [1.29, 1.82) is 0 Å². The largest absolute Gasteiger partial charge is 0.490 e. The van der Waals surface area contributed by atoms with Crippen LogP contribution < -0.4 is 10.1 Å². The average Bonchev–Trinajstić information content (AvgIpc) is 2.49. The molecule has 0 aromatic heterocycles. The van der Waals surface area contributed by atoms with Crippen LogP contribution in [0.25, 0.3) is 0 Å². The summed E-state index contributed by atoms with van der Waals surface area (Å²) in [6, 6.07) is 4.86. The predicted octanol–water partition coefficient (Wildman–Crippen LogP) is 3.19. The first-order chi connectivity index (χ1) is 10.1. The van der Waals surface area contributed by atoms with Gasteiger partial charge >= 0.3 is 0 Å². The maximum absolute atomic E-state index is 13.3. The molecule has 0 saturated heterocycles. The van der Waals surface area contributed by atoms with E-state index in [1.54, 1.807) is 19.1 Å². The van der Waals surface area contributed by atoms with Crippen molar-refractivity contribution in [3.8, 4) is 5.75 Å². The van der Waals surface area contributed by atoms with E-state index in [0.717, 1.165) is 38.6 Å². The molecule has 2 N–H and O–H groups in total. The Labute approximate surface area is 126 Å². The highest BCUT2D eigenvalue weighted by Crippen LogP contribution is 2.31. The van der Waals surface area contributed by atoms with E-state index in [1.165, 1.54) is 6.07 Å². The fourth-order valence-corrected chi connectivity index (χ4v) is 3.04. The van der Waals surface area contributed by atoms with Gasteiger partial charge in [-0.15, -0.1) is 0 Å². The Hall–Kier alpha value is -1.13.